The summed E-state index contributed by atoms with van der Waals surface area (Å²) in [4.78, 5) is 3.99. The van der Waals surface area contributed by atoms with Crippen molar-refractivity contribution in [2.24, 2.45) is 0 Å². The van der Waals surface area contributed by atoms with Gasteiger partial charge in [0, 0.05) is 44.1 Å². The van der Waals surface area contributed by atoms with Gasteiger partial charge < -0.3 is 9.75 Å². The van der Waals surface area contributed by atoms with Gasteiger partial charge in [-0.3, -0.25) is 0 Å². The summed E-state index contributed by atoms with van der Waals surface area (Å²) in [5.41, 5.74) is 1.38. The highest BCUT2D eigenvalue weighted by atomic mass is 32.2. The van der Waals surface area contributed by atoms with Crippen molar-refractivity contribution in [1.29, 1.82) is 0 Å². The van der Waals surface area contributed by atoms with E-state index in [4.69, 9.17) is 4.74 Å². The molecule has 1 N–H and O–H groups in total. The maximum Gasteiger partial charge on any atom is 0.422 e. The molecule has 0 saturated heterocycles. The molecule has 0 radical (unpaired) electrons. The maximum atomic E-state index is 12.2. The molecule has 0 saturated carbocycles. The van der Waals surface area contributed by atoms with Crippen LogP contribution in [0.4, 0.5) is 13.2 Å². The Labute approximate surface area is 156 Å². The minimum absolute atomic E-state index is 0.0284. The third-order valence-electron chi connectivity index (χ3n) is 3.71. The second-order valence-electron chi connectivity index (χ2n) is 6.28. The number of halogens is 3. The van der Waals surface area contributed by atoms with E-state index >= 15 is 0 Å². The van der Waals surface area contributed by atoms with Crippen molar-refractivity contribution in [3.05, 3.63) is 35.7 Å². The molecule has 27 heavy (non-hydrogen) atoms. The van der Waals surface area contributed by atoms with Crippen LogP contribution >= 0.6 is 0 Å². The fraction of sp³-hybridized carbons (Fsp3) is 0.562. The molecule has 0 fully saturated rings. The minimum Gasteiger partial charge on any atom is -0.468 e. The lowest BCUT2D eigenvalue weighted by Gasteiger charge is -2.29. The first kappa shape index (κ1) is 21.5. The Hall–Kier alpha value is -1.85. The van der Waals surface area contributed by atoms with Crippen molar-refractivity contribution >= 4 is 10.0 Å². The number of rotatable bonds is 9. The normalized spacial score (nSPS) is 15.5. The summed E-state index contributed by atoms with van der Waals surface area (Å²) in [6.07, 6.45) is 2.75. The van der Waals surface area contributed by atoms with Crippen LogP contribution in [0.3, 0.4) is 0 Å². The summed E-state index contributed by atoms with van der Waals surface area (Å²) >= 11 is 0. The lowest BCUT2D eigenvalue weighted by atomic mass is 10.2. The molecule has 11 heteroatoms. The van der Waals surface area contributed by atoms with Gasteiger partial charge >= 0.3 is 6.18 Å². The molecule has 1 aromatic rings. The van der Waals surface area contributed by atoms with E-state index in [1.807, 2.05) is 22.3 Å². The molecule has 2 heterocycles. The Balaban J connectivity index is 1.87. The fourth-order valence-corrected chi connectivity index (χ4v) is 3.09. The van der Waals surface area contributed by atoms with Gasteiger partial charge in [0.15, 0.2) is 6.61 Å². The van der Waals surface area contributed by atoms with Crippen molar-refractivity contribution in [3.63, 3.8) is 0 Å². The van der Waals surface area contributed by atoms with Gasteiger partial charge in [0.1, 0.15) is 0 Å². The van der Waals surface area contributed by atoms with E-state index < -0.39 is 22.8 Å². The van der Waals surface area contributed by atoms with E-state index in [2.05, 4.69) is 9.71 Å². The Morgan fingerprint density at radius 1 is 1.37 bits per heavy atom. The number of hydrazine groups is 1. The van der Waals surface area contributed by atoms with Crippen LogP contribution in [0.15, 0.2) is 24.5 Å². The van der Waals surface area contributed by atoms with Gasteiger partial charge in [0.05, 0.1) is 6.26 Å². The lowest BCUT2D eigenvalue weighted by molar-refractivity contribution is -0.154. The number of aryl methyl sites for hydroxylation is 1. The molecular weight excluding hydrogens is 385 g/mol. The third kappa shape index (κ3) is 7.73. The van der Waals surface area contributed by atoms with Gasteiger partial charge in [-0.15, -0.1) is 0 Å². The van der Waals surface area contributed by atoms with Crippen LogP contribution in [0.5, 0.6) is 5.88 Å². The molecule has 1 aliphatic rings. The van der Waals surface area contributed by atoms with Crippen molar-refractivity contribution in [2.45, 2.75) is 26.1 Å². The molecule has 0 bridgehead atoms. The van der Waals surface area contributed by atoms with Crippen LogP contribution in [0.1, 0.15) is 17.5 Å². The van der Waals surface area contributed by atoms with Crippen LogP contribution in [-0.2, 0) is 16.6 Å². The number of pyridine rings is 1. The average Bonchev–Trinajstić information content (AvgIpc) is 2.96. The molecule has 0 unspecified atom stereocenters. The summed E-state index contributed by atoms with van der Waals surface area (Å²) < 4.78 is 66.0. The Morgan fingerprint density at radius 2 is 2.11 bits per heavy atom. The first-order valence-corrected chi connectivity index (χ1v) is 10.2. The van der Waals surface area contributed by atoms with Crippen LogP contribution in [0, 0.1) is 6.92 Å². The number of hydrogen-bond acceptors (Lipinski definition) is 6. The van der Waals surface area contributed by atoms with E-state index in [1.165, 1.54) is 6.20 Å². The highest BCUT2D eigenvalue weighted by Crippen LogP contribution is 2.21. The topological polar surface area (TPSA) is 74.8 Å². The highest BCUT2D eigenvalue weighted by Gasteiger charge is 2.29. The molecule has 152 valence electrons. The maximum absolute atomic E-state index is 12.2. The van der Waals surface area contributed by atoms with E-state index in [1.54, 1.807) is 13.0 Å². The van der Waals surface area contributed by atoms with Crippen LogP contribution in [-0.4, -0.2) is 62.1 Å². The number of ether oxygens (including phenoxy) is 1. The molecule has 0 amide bonds. The van der Waals surface area contributed by atoms with Crippen molar-refractivity contribution in [3.8, 4) is 5.88 Å². The summed E-state index contributed by atoms with van der Waals surface area (Å²) in [5.74, 6) is -0.0284. The van der Waals surface area contributed by atoms with Gasteiger partial charge in [-0.25, -0.2) is 23.1 Å². The van der Waals surface area contributed by atoms with Crippen molar-refractivity contribution < 1.29 is 26.3 Å². The third-order valence-corrected chi connectivity index (χ3v) is 4.44. The highest BCUT2D eigenvalue weighted by molar-refractivity contribution is 7.88. The number of aromatic nitrogens is 1. The first-order valence-electron chi connectivity index (χ1n) is 8.31. The monoisotopic (exact) mass is 408 g/mol. The first-order chi connectivity index (χ1) is 12.5. The molecule has 1 aromatic heterocycles. The van der Waals surface area contributed by atoms with E-state index in [9.17, 15) is 21.6 Å². The number of alkyl halides is 3. The number of nitrogens with zero attached hydrogens (tertiary/aromatic N) is 3. The largest absolute Gasteiger partial charge is 0.468 e. The molecular formula is C16H23F3N4O3S. The van der Waals surface area contributed by atoms with E-state index in [0.29, 0.717) is 38.2 Å². The molecule has 0 aromatic carbocycles. The summed E-state index contributed by atoms with van der Waals surface area (Å²) in [7, 11) is -3.20. The zero-order valence-corrected chi connectivity index (χ0v) is 16.0. The number of hydrogen-bond donors (Lipinski definition) is 1. The fourth-order valence-electron chi connectivity index (χ4n) is 2.58. The van der Waals surface area contributed by atoms with Crippen LogP contribution < -0.4 is 9.46 Å². The van der Waals surface area contributed by atoms with Gasteiger partial charge in [-0.1, -0.05) is 6.08 Å². The number of nitrogens with one attached hydrogen (secondary N) is 1. The van der Waals surface area contributed by atoms with Gasteiger partial charge in [-0.2, -0.15) is 13.2 Å². The summed E-state index contributed by atoms with van der Waals surface area (Å²) in [5, 5.41) is 4.01. The molecule has 0 spiro atoms. The SMILES string of the molecule is Cc1cc(CN2CC=CN2CCCNS(C)(=O)=O)cnc1OCC(F)(F)F. The Morgan fingerprint density at radius 3 is 2.74 bits per heavy atom. The van der Waals surface area contributed by atoms with Crippen LogP contribution in [0.2, 0.25) is 0 Å². The van der Waals surface area contributed by atoms with E-state index in [0.717, 1.165) is 11.8 Å². The minimum atomic E-state index is -4.40. The molecule has 0 atom stereocenters. The molecule has 7 nitrogen and oxygen atoms in total. The quantitative estimate of drug-likeness (QED) is 0.629. The smallest absolute Gasteiger partial charge is 0.422 e. The number of sulfonamides is 1. The van der Waals surface area contributed by atoms with Crippen LogP contribution in [0.25, 0.3) is 0 Å². The van der Waals surface area contributed by atoms with Gasteiger partial charge in [-0.05, 0) is 25.0 Å². The van der Waals surface area contributed by atoms with Crippen molar-refractivity contribution in [2.75, 3.05) is 32.5 Å². The molecule has 0 aliphatic carbocycles. The Bertz CT molecular complexity index is 769. The predicted octanol–water partition coefficient (Wildman–Crippen LogP) is 1.82. The second kappa shape index (κ2) is 8.89. The molecule has 1 aliphatic heterocycles. The Kier molecular flexibility index (Phi) is 7.06. The van der Waals surface area contributed by atoms with Gasteiger partial charge in [0.2, 0.25) is 15.9 Å². The zero-order valence-electron chi connectivity index (χ0n) is 15.2. The average molecular weight is 408 g/mol. The standard InChI is InChI=1S/C16H23F3N4O3S/c1-13-9-14(10-20-15(13)26-12-16(17,18)19)11-23-8-4-7-22(23)6-3-5-21-27(2,24)25/h4,7,9-10,21H,3,5-6,8,11-12H2,1-2H3. The predicted molar refractivity (Wildman–Crippen MR) is 94.2 cm³/mol. The zero-order chi connectivity index (χ0) is 20.1. The lowest BCUT2D eigenvalue weighted by Crippen LogP contribution is -2.36. The van der Waals surface area contributed by atoms with Gasteiger partial charge in [0.25, 0.3) is 0 Å². The van der Waals surface area contributed by atoms with Crippen molar-refractivity contribution in [1.82, 2.24) is 19.7 Å². The summed E-state index contributed by atoms with van der Waals surface area (Å²) in [6, 6.07) is 1.75. The summed E-state index contributed by atoms with van der Waals surface area (Å²) in [6.45, 7) is 2.48. The second-order valence-corrected chi connectivity index (χ2v) is 8.12. The van der Waals surface area contributed by atoms with E-state index in [-0.39, 0.29) is 5.88 Å². The molecule has 2 rings (SSSR count).